The standard InChI is InChI=1S/C13H24N2O5/c1-9(2)15(8-11(18)20-5)12(19)14-13(3,4)7-6-10(16)17/h9H,6-8H2,1-5H3,(H,14,19)(H,16,17). The lowest BCUT2D eigenvalue weighted by atomic mass is 9.98. The van der Waals surface area contributed by atoms with E-state index in [-0.39, 0.29) is 19.0 Å². The molecule has 0 rings (SSSR count). The van der Waals surface area contributed by atoms with Gasteiger partial charge in [0.1, 0.15) is 6.54 Å². The lowest BCUT2D eigenvalue weighted by Crippen LogP contribution is -2.53. The zero-order valence-corrected chi connectivity index (χ0v) is 12.7. The summed E-state index contributed by atoms with van der Waals surface area (Å²) in [5, 5.41) is 11.4. The second-order valence-corrected chi connectivity index (χ2v) is 5.51. The zero-order chi connectivity index (χ0) is 15.9. The monoisotopic (exact) mass is 288 g/mol. The van der Waals surface area contributed by atoms with Gasteiger partial charge in [-0.3, -0.25) is 9.59 Å². The number of ether oxygens (including phenoxy) is 1. The van der Waals surface area contributed by atoms with E-state index in [1.807, 2.05) is 0 Å². The summed E-state index contributed by atoms with van der Waals surface area (Å²) >= 11 is 0. The normalized spacial score (nSPS) is 11.1. The van der Waals surface area contributed by atoms with Crippen LogP contribution in [0.15, 0.2) is 0 Å². The number of nitrogens with zero attached hydrogens (tertiary/aromatic N) is 1. The number of carboxylic acid groups (broad SMARTS) is 1. The van der Waals surface area contributed by atoms with Crippen LogP contribution in [0.25, 0.3) is 0 Å². The van der Waals surface area contributed by atoms with Crippen LogP contribution in [0.5, 0.6) is 0 Å². The number of hydrogen-bond donors (Lipinski definition) is 2. The summed E-state index contributed by atoms with van der Waals surface area (Å²) in [7, 11) is 1.26. The molecule has 116 valence electrons. The molecule has 7 nitrogen and oxygen atoms in total. The molecular weight excluding hydrogens is 264 g/mol. The number of carboxylic acids is 1. The summed E-state index contributed by atoms with van der Waals surface area (Å²) < 4.78 is 4.55. The Hall–Kier alpha value is -1.79. The molecular formula is C13H24N2O5. The topological polar surface area (TPSA) is 95.9 Å². The van der Waals surface area contributed by atoms with Gasteiger partial charge >= 0.3 is 18.0 Å². The Bertz CT molecular complexity index is 366. The van der Waals surface area contributed by atoms with E-state index in [0.717, 1.165) is 0 Å². The van der Waals surface area contributed by atoms with Crippen LogP contribution < -0.4 is 5.32 Å². The van der Waals surface area contributed by atoms with Gasteiger partial charge in [0, 0.05) is 18.0 Å². The zero-order valence-electron chi connectivity index (χ0n) is 12.7. The smallest absolute Gasteiger partial charge is 0.325 e. The van der Waals surface area contributed by atoms with E-state index in [1.54, 1.807) is 27.7 Å². The first-order valence-electron chi connectivity index (χ1n) is 6.46. The van der Waals surface area contributed by atoms with E-state index in [2.05, 4.69) is 10.1 Å². The van der Waals surface area contributed by atoms with Crippen molar-refractivity contribution >= 4 is 18.0 Å². The first-order chi connectivity index (χ1) is 9.09. The summed E-state index contributed by atoms with van der Waals surface area (Å²) in [5.41, 5.74) is -0.668. The summed E-state index contributed by atoms with van der Waals surface area (Å²) in [6.45, 7) is 6.91. The molecule has 0 aromatic carbocycles. The fourth-order valence-corrected chi connectivity index (χ4v) is 1.54. The van der Waals surface area contributed by atoms with Crippen molar-refractivity contribution < 1.29 is 24.2 Å². The second-order valence-electron chi connectivity index (χ2n) is 5.51. The average molecular weight is 288 g/mol. The molecule has 20 heavy (non-hydrogen) atoms. The Labute approximate surface area is 119 Å². The maximum atomic E-state index is 12.2. The fraction of sp³-hybridized carbons (Fsp3) is 0.769. The number of hydrogen-bond acceptors (Lipinski definition) is 4. The van der Waals surface area contributed by atoms with Crippen molar-refractivity contribution in [2.75, 3.05) is 13.7 Å². The van der Waals surface area contributed by atoms with Gasteiger partial charge in [-0.1, -0.05) is 0 Å². The maximum absolute atomic E-state index is 12.2. The number of aliphatic carboxylic acids is 1. The fourth-order valence-electron chi connectivity index (χ4n) is 1.54. The Kier molecular flexibility index (Phi) is 7.02. The van der Waals surface area contributed by atoms with E-state index < -0.39 is 23.5 Å². The number of nitrogens with one attached hydrogen (secondary N) is 1. The minimum absolute atomic E-state index is 0.0358. The number of esters is 1. The molecule has 7 heteroatoms. The van der Waals surface area contributed by atoms with Gasteiger partial charge in [0.2, 0.25) is 0 Å². The lowest BCUT2D eigenvalue weighted by molar-refractivity contribution is -0.141. The Morgan fingerprint density at radius 2 is 1.85 bits per heavy atom. The maximum Gasteiger partial charge on any atom is 0.325 e. The van der Waals surface area contributed by atoms with Crippen LogP contribution in [0, 0.1) is 0 Å². The summed E-state index contributed by atoms with van der Waals surface area (Å²) in [6.07, 6.45) is 0.268. The number of carbonyl (C=O) groups is 3. The molecule has 0 fully saturated rings. The van der Waals surface area contributed by atoms with Gasteiger partial charge in [-0.15, -0.1) is 0 Å². The molecule has 0 saturated carbocycles. The Morgan fingerprint density at radius 3 is 2.25 bits per heavy atom. The first kappa shape index (κ1) is 18.2. The van der Waals surface area contributed by atoms with Gasteiger partial charge in [0.15, 0.2) is 0 Å². The molecule has 0 aromatic heterocycles. The predicted octanol–water partition coefficient (Wildman–Crippen LogP) is 1.22. The molecule has 2 N–H and O–H groups in total. The third-order valence-corrected chi connectivity index (χ3v) is 2.82. The van der Waals surface area contributed by atoms with Crippen LogP contribution in [0.4, 0.5) is 4.79 Å². The number of carbonyl (C=O) groups excluding carboxylic acids is 2. The molecule has 0 unspecified atom stereocenters. The number of urea groups is 1. The van der Waals surface area contributed by atoms with Gasteiger partial charge in [-0.05, 0) is 34.1 Å². The van der Waals surface area contributed by atoms with Crippen molar-refractivity contribution in [3.63, 3.8) is 0 Å². The number of methoxy groups -OCH3 is 1. The highest BCUT2D eigenvalue weighted by Gasteiger charge is 2.27. The highest BCUT2D eigenvalue weighted by molar-refractivity contribution is 5.81. The molecule has 0 aromatic rings. The van der Waals surface area contributed by atoms with E-state index in [9.17, 15) is 14.4 Å². The summed E-state index contributed by atoms with van der Waals surface area (Å²) in [6, 6.07) is -0.592. The molecule has 0 bridgehead atoms. The van der Waals surface area contributed by atoms with Gasteiger partial charge in [0.25, 0.3) is 0 Å². The largest absolute Gasteiger partial charge is 0.481 e. The quantitative estimate of drug-likeness (QED) is 0.687. The highest BCUT2D eigenvalue weighted by Crippen LogP contribution is 2.12. The Balaban J connectivity index is 4.66. The molecule has 0 heterocycles. The van der Waals surface area contributed by atoms with Crippen LogP contribution in [0.3, 0.4) is 0 Å². The van der Waals surface area contributed by atoms with E-state index >= 15 is 0 Å². The van der Waals surface area contributed by atoms with Crippen LogP contribution >= 0.6 is 0 Å². The van der Waals surface area contributed by atoms with E-state index in [1.165, 1.54) is 12.0 Å². The minimum atomic E-state index is -0.914. The minimum Gasteiger partial charge on any atom is -0.481 e. The predicted molar refractivity (Wildman–Crippen MR) is 73.3 cm³/mol. The summed E-state index contributed by atoms with van der Waals surface area (Å²) in [4.78, 5) is 35.4. The van der Waals surface area contributed by atoms with Crippen molar-refractivity contribution in [1.29, 1.82) is 0 Å². The van der Waals surface area contributed by atoms with Crippen molar-refractivity contribution in [1.82, 2.24) is 10.2 Å². The highest BCUT2D eigenvalue weighted by atomic mass is 16.5. The third-order valence-electron chi connectivity index (χ3n) is 2.82. The van der Waals surface area contributed by atoms with Gasteiger partial charge in [-0.2, -0.15) is 0 Å². The van der Waals surface area contributed by atoms with Gasteiger partial charge < -0.3 is 20.1 Å². The molecule has 0 aliphatic heterocycles. The van der Waals surface area contributed by atoms with E-state index in [0.29, 0.717) is 6.42 Å². The molecule has 0 atom stereocenters. The lowest BCUT2D eigenvalue weighted by Gasteiger charge is -2.32. The van der Waals surface area contributed by atoms with Crippen molar-refractivity contribution in [3.05, 3.63) is 0 Å². The third kappa shape index (κ3) is 6.96. The van der Waals surface area contributed by atoms with Crippen LogP contribution in [0.1, 0.15) is 40.5 Å². The number of rotatable bonds is 7. The molecule has 0 aliphatic rings. The SMILES string of the molecule is COC(=O)CN(C(=O)NC(C)(C)CCC(=O)O)C(C)C. The van der Waals surface area contributed by atoms with Crippen molar-refractivity contribution in [2.45, 2.75) is 52.1 Å². The van der Waals surface area contributed by atoms with Crippen molar-refractivity contribution in [3.8, 4) is 0 Å². The van der Waals surface area contributed by atoms with Gasteiger partial charge in [-0.25, -0.2) is 4.79 Å². The molecule has 0 spiro atoms. The van der Waals surface area contributed by atoms with Crippen LogP contribution in [-0.2, 0) is 14.3 Å². The average Bonchev–Trinajstić information content (AvgIpc) is 2.32. The Morgan fingerprint density at radius 1 is 1.30 bits per heavy atom. The molecule has 2 amide bonds. The molecule has 0 saturated heterocycles. The van der Waals surface area contributed by atoms with Gasteiger partial charge in [0.05, 0.1) is 7.11 Å². The second kappa shape index (κ2) is 7.72. The number of amides is 2. The summed E-state index contributed by atoms with van der Waals surface area (Å²) in [5.74, 6) is -1.42. The van der Waals surface area contributed by atoms with Crippen molar-refractivity contribution in [2.24, 2.45) is 0 Å². The van der Waals surface area contributed by atoms with Crippen LogP contribution in [0.2, 0.25) is 0 Å². The van der Waals surface area contributed by atoms with E-state index in [4.69, 9.17) is 5.11 Å². The van der Waals surface area contributed by atoms with Crippen LogP contribution in [-0.4, -0.2) is 53.2 Å². The first-order valence-corrected chi connectivity index (χ1v) is 6.46. The molecule has 0 radical (unpaired) electrons. The molecule has 0 aliphatic carbocycles.